The number of para-hydroxylation sites is 1. The zero-order valence-corrected chi connectivity index (χ0v) is 13.8. The number of benzene rings is 2. The molecule has 3 N–H and O–H groups in total. The van der Waals surface area contributed by atoms with Crippen LogP contribution in [0.3, 0.4) is 0 Å². The fraction of sp³-hybridized carbons (Fsp3) is 0.350. The maximum atomic E-state index is 12.1. The normalized spacial score (nSPS) is 14.9. The van der Waals surface area contributed by atoms with Crippen molar-refractivity contribution in [3.05, 3.63) is 65.7 Å². The number of hydrogen-bond donors (Lipinski definition) is 2. The second-order valence-electron chi connectivity index (χ2n) is 6.31. The van der Waals surface area contributed by atoms with E-state index in [-0.39, 0.29) is 18.6 Å². The Morgan fingerprint density at radius 3 is 2.54 bits per heavy atom. The van der Waals surface area contributed by atoms with E-state index >= 15 is 0 Å². The van der Waals surface area contributed by atoms with Gasteiger partial charge in [-0.15, -0.1) is 0 Å². The molecule has 0 heterocycles. The first kappa shape index (κ1) is 16.5. The zero-order valence-electron chi connectivity index (χ0n) is 13.8. The van der Waals surface area contributed by atoms with Crippen LogP contribution >= 0.6 is 0 Å². The van der Waals surface area contributed by atoms with Gasteiger partial charge in [0.25, 0.3) is 5.91 Å². The van der Waals surface area contributed by atoms with E-state index in [4.69, 9.17) is 10.5 Å². The summed E-state index contributed by atoms with van der Waals surface area (Å²) < 4.78 is 5.76. The fourth-order valence-electron chi connectivity index (χ4n) is 2.87. The minimum atomic E-state index is -0.105. The van der Waals surface area contributed by atoms with Crippen LogP contribution in [-0.2, 0) is 11.2 Å². The average Bonchev–Trinajstić information content (AvgIpc) is 3.45. The molecule has 126 valence electrons. The van der Waals surface area contributed by atoms with Crippen molar-refractivity contribution in [3.8, 4) is 5.75 Å². The molecule has 1 unspecified atom stereocenters. The van der Waals surface area contributed by atoms with Gasteiger partial charge in [-0.05, 0) is 36.0 Å². The highest BCUT2D eigenvalue weighted by Gasteiger charge is 2.31. The second-order valence-corrected chi connectivity index (χ2v) is 6.31. The van der Waals surface area contributed by atoms with E-state index in [1.807, 2.05) is 42.5 Å². The maximum Gasteiger partial charge on any atom is 0.258 e. The SMILES string of the molecule is NCC(NC(=O)COc1ccccc1Cc1ccccc1)C1CC1. The number of nitrogens with one attached hydrogen (secondary N) is 1. The molecule has 0 aliphatic heterocycles. The van der Waals surface area contributed by atoms with E-state index in [9.17, 15) is 4.79 Å². The lowest BCUT2D eigenvalue weighted by Gasteiger charge is -2.17. The van der Waals surface area contributed by atoms with Crippen LogP contribution in [0, 0.1) is 5.92 Å². The van der Waals surface area contributed by atoms with Crippen molar-refractivity contribution in [2.45, 2.75) is 25.3 Å². The third-order valence-electron chi connectivity index (χ3n) is 4.36. The number of hydrogen-bond acceptors (Lipinski definition) is 3. The smallest absolute Gasteiger partial charge is 0.258 e. The Kier molecular flexibility index (Phi) is 5.49. The summed E-state index contributed by atoms with van der Waals surface area (Å²) in [4.78, 5) is 12.1. The van der Waals surface area contributed by atoms with Gasteiger partial charge in [0.15, 0.2) is 6.61 Å². The third kappa shape index (κ3) is 4.59. The van der Waals surface area contributed by atoms with Gasteiger partial charge in [0.1, 0.15) is 5.75 Å². The number of nitrogens with two attached hydrogens (primary N) is 1. The van der Waals surface area contributed by atoms with Crippen LogP contribution in [0.15, 0.2) is 54.6 Å². The van der Waals surface area contributed by atoms with Crippen molar-refractivity contribution in [1.29, 1.82) is 0 Å². The van der Waals surface area contributed by atoms with Crippen LogP contribution in [0.5, 0.6) is 5.75 Å². The Morgan fingerprint density at radius 1 is 1.12 bits per heavy atom. The van der Waals surface area contributed by atoms with Gasteiger partial charge in [0.05, 0.1) is 0 Å². The third-order valence-corrected chi connectivity index (χ3v) is 4.36. The van der Waals surface area contributed by atoms with Crippen LogP contribution < -0.4 is 15.8 Å². The van der Waals surface area contributed by atoms with E-state index in [2.05, 4.69) is 17.4 Å². The molecule has 1 fully saturated rings. The van der Waals surface area contributed by atoms with E-state index in [1.165, 1.54) is 5.56 Å². The molecule has 2 aromatic carbocycles. The van der Waals surface area contributed by atoms with Crippen LogP contribution in [-0.4, -0.2) is 25.1 Å². The van der Waals surface area contributed by atoms with Crippen molar-refractivity contribution < 1.29 is 9.53 Å². The van der Waals surface area contributed by atoms with Crippen LogP contribution in [0.4, 0.5) is 0 Å². The van der Waals surface area contributed by atoms with Gasteiger partial charge >= 0.3 is 0 Å². The van der Waals surface area contributed by atoms with Crippen molar-refractivity contribution in [1.82, 2.24) is 5.32 Å². The van der Waals surface area contributed by atoms with Gasteiger partial charge in [-0.3, -0.25) is 4.79 Å². The molecular formula is C20H24N2O2. The van der Waals surface area contributed by atoms with Crippen LogP contribution in [0.25, 0.3) is 0 Å². The molecule has 0 spiro atoms. The minimum Gasteiger partial charge on any atom is -0.483 e. The quantitative estimate of drug-likeness (QED) is 0.784. The number of carbonyl (C=O) groups excluding carboxylic acids is 1. The molecular weight excluding hydrogens is 300 g/mol. The van der Waals surface area contributed by atoms with Gasteiger partial charge < -0.3 is 15.8 Å². The Bertz CT molecular complexity index is 668. The fourth-order valence-corrected chi connectivity index (χ4v) is 2.87. The van der Waals surface area contributed by atoms with Gasteiger partial charge in [-0.2, -0.15) is 0 Å². The minimum absolute atomic E-state index is 0.0228. The number of carbonyl (C=O) groups is 1. The predicted molar refractivity (Wildman–Crippen MR) is 94.9 cm³/mol. The molecule has 1 aliphatic carbocycles. The lowest BCUT2D eigenvalue weighted by atomic mass is 10.0. The predicted octanol–water partition coefficient (Wildman–Crippen LogP) is 2.51. The lowest BCUT2D eigenvalue weighted by molar-refractivity contribution is -0.123. The van der Waals surface area contributed by atoms with E-state index in [0.717, 1.165) is 30.6 Å². The molecule has 24 heavy (non-hydrogen) atoms. The molecule has 2 aromatic rings. The highest BCUT2D eigenvalue weighted by atomic mass is 16.5. The summed E-state index contributed by atoms with van der Waals surface area (Å²) in [7, 11) is 0. The highest BCUT2D eigenvalue weighted by Crippen LogP contribution is 2.32. The number of ether oxygens (including phenoxy) is 1. The first-order valence-corrected chi connectivity index (χ1v) is 8.50. The average molecular weight is 324 g/mol. The standard InChI is InChI=1S/C20H24N2O2/c21-13-18(16-10-11-16)22-20(23)14-24-19-9-5-4-8-17(19)12-15-6-2-1-3-7-15/h1-9,16,18H,10-14,21H2,(H,22,23). The topological polar surface area (TPSA) is 64.3 Å². The molecule has 3 rings (SSSR count). The maximum absolute atomic E-state index is 12.1. The summed E-state index contributed by atoms with van der Waals surface area (Å²) in [6.07, 6.45) is 3.10. The van der Waals surface area contributed by atoms with E-state index < -0.39 is 0 Å². The Labute approximate surface area is 143 Å². The summed E-state index contributed by atoms with van der Waals surface area (Å²) in [5.74, 6) is 1.20. The number of amides is 1. The van der Waals surface area contributed by atoms with Crippen molar-refractivity contribution in [2.75, 3.05) is 13.2 Å². The molecule has 1 saturated carbocycles. The molecule has 1 amide bonds. The van der Waals surface area contributed by atoms with Crippen LogP contribution in [0.2, 0.25) is 0 Å². The lowest BCUT2D eigenvalue weighted by Crippen LogP contribution is -2.43. The monoisotopic (exact) mass is 324 g/mol. The molecule has 0 bridgehead atoms. The van der Waals surface area contributed by atoms with Crippen molar-refractivity contribution in [3.63, 3.8) is 0 Å². The second kappa shape index (κ2) is 7.97. The summed E-state index contributed by atoms with van der Waals surface area (Å²) in [5, 5.41) is 2.98. The van der Waals surface area contributed by atoms with Gasteiger partial charge in [-0.25, -0.2) is 0 Å². The first-order valence-electron chi connectivity index (χ1n) is 8.50. The Hall–Kier alpha value is -2.33. The van der Waals surface area contributed by atoms with Gasteiger partial charge in [-0.1, -0.05) is 48.5 Å². The largest absolute Gasteiger partial charge is 0.483 e. The Balaban J connectivity index is 1.57. The van der Waals surface area contributed by atoms with Crippen molar-refractivity contribution in [2.24, 2.45) is 11.7 Å². The molecule has 0 radical (unpaired) electrons. The van der Waals surface area contributed by atoms with Crippen molar-refractivity contribution >= 4 is 5.91 Å². The molecule has 0 saturated heterocycles. The van der Waals surface area contributed by atoms with Gasteiger partial charge in [0, 0.05) is 19.0 Å². The molecule has 1 atom stereocenters. The molecule has 0 aromatic heterocycles. The summed E-state index contributed by atoms with van der Waals surface area (Å²) in [6, 6.07) is 18.2. The highest BCUT2D eigenvalue weighted by molar-refractivity contribution is 5.78. The van der Waals surface area contributed by atoms with Gasteiger partial charge in [0.2, 0.25) is 0 Å². The zero-order chi connectivity index (χ0) is 16.8. The molecule has 4 heteroatoms. The Morgan fingerprint density at radius 2 is 1.83 bits per heavy atom. The summed E-state index contributed by atoms with van der Waals surface area (Å²) in [5.41, 5.74) is 8.02. The summed E-state index contributed by atoms with van der Waals surface area (Å²) in [6.45, 7) is 0.510. The number of rotatable bonds is 8. The van der Waals surface area contributed by atoms with Crippen LogP contribution in [0.1, 0.15) is 24.0 Å². The molecule has 4 nitrogen and oxygen atoms in total. The van der Waals surface area contributed by atoms with E-state index in [0.29, 0.717) is 12.5 Å². The summed E-state index contributed by atoms with van der Waals surface area (Å²) >= 11 is 0. The first-order chi connectivity index (χ1) is 11.8. The van der Waals surface area contributed by atoms with E-state index in [1.54, 1.807) is 0 Å². The molecule has 1 aliphatic rings.